The first-order valence-electron chi connectivity index (χ1n) is 5.64. The second kappa shape index (κ2) is 5.00. The summed E-state index contributed by atoms with van der Waals surface area (Å²) < 4.78 is 9.73. The number of carbonyl (C=O) groups is 1. The van der Waals surface area contributed by atoms with Gasteiger partial charge in [-0.3, -0.25) is 0 Å². The number of methoxy groups -OCH3 is 1. The quantitative estimate of drug-likeness (QED) is 0.779. The Balaban J connectivity index is 2.26. The summed E-state index contributed by atoms with van der Waals surface area (Å²) in [5.41, 5.74) is 2.01. The van der Waals surface area contributed by atoms with Crippen LogP contribution in [-0.4, -0.2) is 23.3 Å². The molecule has 0 atom stereocenters. The van der Waals surface area contributed by atoms with E-state index >= 15 is 0 Å². The minimum Gasteiger partial charge on any atom is -0.462 e. The first kappa shape index (κ1) is 12.3. The molecule has 0 amide bonds. The fourth-order valence-electron chi connectivity index (χ4n) is 1.52. The van der Waals surface area contributed by atoms with Gasteiger partial charge in [-0.2, -0.15) is 0 Å². The molecule has 0 saturated carbocycles. The number of nitrogens with zero attached hydrogens (tertiary/aromatic N) is 2. The van der Waals surface area contributed by atoms with Crippen LogP contribution in [0.25, 0.3) is 11.5 Å². The SMILES string of the molecule is COC(=O)c1nnc(-c2ccc(C(C)C)cc2)o1. The smallest absolute Gasteiger partial charge is 0.396 e. The van der Waals surface area contributed by atoms with Crippen molar-refractivity contribution in [3.8, 4) is 11.5 Å². The van der Waals surface area contributed by atoms with E-state index in [-0.39, 0.29) is 5.89 Å². The number of ether oxygens (including phenoxy) is 1. The van der Waals surface area contributed by atoms with Crippen molar-refractivity contribution in [1.29, 1.82) is 0 Å². The topological polar surface area (TPSA) is 65.2 Å². The maximum Gasteiger partial charge on any atom is 0.396 e. The average Bonchev–Trinajstić information content (AvgIpc) is 2.87. The fraction of sp³-hybridized carbons (Fsp3) is 0.308. The molecule has 0 fully saturated rings. The van der Waals surface area contributed by atoms with E-state index in [4.69, 9.17) is 4.42 Å². The largest absolute Gasteiger partial charge is 0.462 e. The molecule has 1 aromatic heterocycles. The van der Waals surface area contributed by atoms with E-state index < -0.39 is 5.97 Å². The normalized spacial score (nSPS) is 10.7. The molecule has 0 spiro atoms. The molecule has 1 heterocycles. The highest BCUT2D eigenvalue weighted by Gasteiger charge is 2.15. The highest BCUT2D eigenvalue weighted by molar-refractivity contribution is 5.84. The molecule has 0 radical (unpaired) electrons. The van der Waals surface area contributed by atoms with Crippen LogP contribution >= 0.6 is 0 Å². The maximum atomic E-state index is 11.2. The third-order valence-corrected chi connectivity index (χ3v) is 2.61. The lowest BCUT2D eigenvalue weighted by molar-refractivity contribution is 0.0556. The summed E-state index contributed by atoms with van der Waals surface area (Å²) in [6.07, 6.45) is 0. The Morgan fingerprint density at radius 3 is 2.44 bits per heavy atom. The highest BCUT2D eigenvalue weighted by Crippen LogP contribution is 2.21. The number of esters is 1. The van der Waals surface area contributed by atoms with E-state index in [1.807, 2.05) is 24.3 Å². The maximum absolute atomic E-state index is 11.2. The van der Waals surface area contributed by atoms with Crippen molar-refractivity contribution >= 4 is 5.97 Å². The van der Waals surface area contributed by atoms with E-state index in [0.29, 0.717) is 11.8 Å². The lowest BCUT2D eigenvalue weighted by atomic mass is 10.0. The summed E-state index contributed by atoms with van der Waals surface area (Å²) in [7, 11) is 1.27. The van der Waals surface area contributed by atoms with Gasteiger partial charge in [0.1, 0.15) is 0 Å². The third-order valence-electron chi connectivity index (χ3n) is 2.61. The second-order valence-corrected chi connectivity index (χ2v) is 4.18. The molecule has 0 aliphatic rings. The molecule has 0 bridgehead atoms. The summed E-state index contributed by atoms with van der Waals surface area (Å²) in [6.45, 7) is 4.24. The number of rotatable bonds is 3. The van der Waals surface area contributed by atoms with Gasteiger partial charge in [0.05, 0.1) is 7.11 Å². The standard InChI is InChI=1S/C13H14N2O3/c1-8(2)9-4-6-10(7-5-9)11-14-15-12(18-11)13(16)17-3/h4-8H,1-3H3. The molecule has 18 heavy (non-hydrogen) atoms. The van der Waals surface area contributed by atoms with Crippen molar-refractivity contribution in [2.45, 2.75) is 19.8 Å². The molecule has 0 aliphatic heterocycles. The van der Waals surface area contributed by atoms with Crippen LogP contribution in [0.3, 0.4) is 0 Å². The first-order valence-corrected chi connectivity index (χ1v) is 5.64. The lowest BCUT2D eigenvalue weighted by Crippen LogP contribution is -2.00. The van der Waals surface area contributed by atoms with Crippen molar-refractivity contribution in [1.82, 2.24) is 10.2 Å². The zero-order valence-electron chi connectivity index (χ0n) is 10.5. The molecular formula is C13H14N2O3. The van der Waals surface area contributed by atoms with Gasteiger partial charge in [0.15, 0.2) is 0 Å². The molecule has 2 rings (SSSR count). The Bertz CT molecular complexity index is 544. The number of hydrogen-bond acceptors (Lipinski definition) is 5. The van der Waals surface area contributed by atoms with Crippen molar-refractivity contribution in [2.75, 3.05) is 7.11 Å². The minimum atomic E-state index is -0.632. The predicted octanol–water partition coefficient (Wildman–Crippen LogP) is 2.65. The van der Waals surface area contributed by atoms with Gasteiger partial charge < -0.3 is 9.15 Å². The number of benzene rings is 1. The molecule has 5 nitrogen and oxygen atoms in total. The summed E-state index contributed by atoms with van der Waals surface area (Å²) >= 11 is 0. The second-order valence-electron chi connectivity index (χ2n) is 4.18. The summed E-state index contributed by atoms with van der Waals surface area (Å²) in [4.78, 5) is 11.2. The van der Waals surface area contributed by atoms with Crippen LogP contribution in [0.4, 0.5) is 0 Å². The van der Waals surface area contributed by atoms with E-state index in [1.165, 1.54) is 12.7 Å². The Morgan fingerprint density at radius 1 is 1.22 bits per heavy atom. The number of hydrogen-bond donors (Lipinski definition) is 0. The number of carbonyl (C=O) groups excluding carboxylic acids is 1. The van der Waals surface area contributed by atoms with Gasteiger partial charge in [-0.15, -0.1) is 10.2 Å². The summed E-state index contributed by atoms with van der Waals surface area (Å²) in [5.74, 6) is 0.00561. The van der Waals surface area contributed by atoms with Crippen molar-refractivity contribution < 1.29 is 13.9 Å². The Morgan fingerprint density at radius 2 is 1.89 bits per heavy atom. The van der Waals surface area contributed by atoms with Gasteiger partial charge in [0.25, 0.3) is 0 Å². The molecule has 0 saturated heterocycles. The monoisotopic (exact) mass is 246 g/mol. The van der Waals surface area contributed by atoms with Crippen molar-refractivity contribution in [3.63, 3.8) is 0 Å². The van der Waals surface area contributed by atoms with Crippen molar-refractivity contribution in [3.05, 3.63) is 35.7 Å². The van der Waals surface area contributed by atoms with Crippen LogP contribution in [-0.2, 0) is 4.74 Å². The molecule has 94 valence electrons. The Kier molecular flexibility index (Phi) is 3.41. The van der Waals surface area contributed by atoms with Crippen molar-refractivity contribution in [2.24, 2.45) is 0 Å². The minimum absolute atomic E-state index is 0.138. The zero-order valence-corrected chi connectivity index (χ0v) is 10.5. The number of aromatic nitrogens is 2. The molecule has 1 aromatic carbocycles. The Labute approximate surface area is 105 Å². The molecule has 0 aliphatic carbocycles. The van der Waals surface area contributed by atoms with E-state index in [0.717, 1.165) is 5.56 Å². The Hall–Kier alpha value is -2.17. The zero-order chi connectivity index (χ0) is 13.1. The molecule has 0 unspecified atom stereocenters. The predicted molar refractivity (Wildman–Crippen MR) is 65.2 cm³/mol. The molecule has 0 N–H and O–H groups in total. The third kappa shape index (κ3) is 2.40. The first-order chi connectivity index (χ1) is 8.61. The molecule has 5 heteroatoms. The van der Waals surface area contributed by atoms with Crippen LogP contribution in [0.2, 0.25) is 0 Å². The van der Waals surface area contributed by atoms with Gasteiger partial charge in [0.2, 0.25) is 5.89 Å². The van der Waals surface area contributed by atoms with Crippen LogP contribution in [0, 0.1) is 0 Å². The van der Waals surface area contributed by atoms with Gasteiger partial charge in [-0.05, 0) is 23.6 Å². The van der Waals surface area contributed by atoms with Crippen LogP contribution < -0.4 is 0 Å². The van der Waals surface area contributed by atoms with Gasteiger partial charge in [0, 0.05) is 5.56 Å². The highest BCUT2D eigenvalue weighted by atomic mass is 16.5. The van der Waals surface area contributed by atoms with Gasteiger partial charge in [-0.25, -0.2) is 4.79 Å². The summed E-state index contributed by atoms with van der Waals surface area (Å²) in [6, 6.07) is 7.79. The van der Waals surface area contributed by atoms with Gasteiger partial charge in [-0.1, -0.05) is 26.0 Å². The van der Waals surface area contributed by atoms with E-state index in [9.17, 15) is 4.79 Å². The summed E-state index contributed by atoms with van der Waals surface area (Å²) in [5, 5.41) is 7.44. The van der Waals surface area contributed by atoms with Crippen LogP contribution in [0.5, 0.6) is 0 Å². The van der Waals surface area contributed by atoms with Gasteiger partial charge >= 0.3 is 11.9 Å². The lowest BCUT2D eigenvalue weighted by Gasteiger charge is -2.04. The fourth-order valence-corrected chi connectivity index (χ4v) is 1.52. The van der Waals surface area contributed by atoms with Crippen LogP contribution in [0.1, 0.15) is 36.0 Å². The van der Waals surface area contributed by atoms with Crippen LogP contribution in [0.15, 0.2) is 28.7 Å². The van der Waals surface area contributed by atoms with E-state index in [2.05, 4.69) is 28.8 Å². The molecule has 2 aromatic rings. The molecular weight excluding hydrogens is 232 g/mol. The van der Waals surface area contributed by atoms with E-state index in [1.54, 1.807) is 0 Å². The average molecular weight is 246 g/mol.